The minimum absolute atomic E-state index is 0.0843. The number of esters is 1. The minimum Gasteiger partial charge on any atom is -0.487 e. The Morgan fingerprint density at radius 3 is 2.08 bits per heavy atom. The summed E-state index contributed by atoms with van der Waals surface area (Å²) in [6.07, 6.45) is 13.0. The van der Waals surface area contributed by atoms with Crippen molar-refractivity contribution >= 4 is 91.3 Å². The fourth-order valence-corrected chi connectivity index (χ4v) is 11.0. The molecule has 2 aromatic rings. The first-order valence-corrected chi connectivity index (χ1v) is 21.4. The van der Waals surface area contributed by atoms with Gasteiger partial charge in [0, 0.05) is 19.1 Å². The summed E-state index contributed by atoms with van der Waals surface area (Å²) in [4.78, 5) is 37.5. The molecule has 2 aromatic carbocycles. The molecule has 1 aliphatic rings. The fraction of sp³-hybridized carbons (Fsp3) is 0.625. The van der Waals surface area contributed by atoms with Crippen LogP contribution < -0.4 is 14.8 Å². The number of carboxylic acids is 1. The number of amides is 1. The van der Waals surface area contributed by atoms with Crippen molar-refractivity contribution < 1.29 is 29.0 Å². The van der Waals surface area contributed by atoms with Crippen LogP contribution in [0.1, 0.15) is 144 Å². The fourth-order valence-electron chi connectivity index (χ4n) is 6.90. The number of carboxylic acid groups (broad SMARTS) is 1. The lowest BCUT2D eigenvalue weighted by molar-refractivity contribution is -0.135. The maximum atomic E-state index is 13.0. The van der Waals surface area contributed by atoms with Crippen molar-refractivity contribution in [1.82, 2.24) is 0 Å². The number of anilines is 1. The van der Waals surface area contributed by atoms with E-state index in [2.05, 4.69) is 62.5 Å². The number of rotatable bonds is 18. The molecular formula is C40H56I3NO6. The van der Waals surface area contributed by atoms with E-state index in [0.717, 1.165) is 75.0 Å². The Hall–Kier alpha value is -1.16. The minimum atomic E-state index is -1.06. The van der Waals surface area contributed by atoms with E-state index in [-0.39, 0.29) is 29.9 Å². The van der Waals surface area contributed by atoms with Gasteiger partial charge in [-0.15, -0.1) is 0 Å². The summed E-state index contributed by atoms with van der Waals surface area (Å²) in [5, 5.41) is 12.4. The molecule has 50 heavy (non-hydrogen) atoms. The molecule has 7 nitrogen and oxygen atoms in total. The zero-order valence-corrected chi connectivity index (χ0v) is 37.6. The number of hydrogen-bond acceptors (Lipinski definition) is 5. The highest BCUT2D eigenvalue weighted by molar-refractivity contribution is 14.1. The molecule has 0 aliphatic carbocycles. The van der Waals surface area contributed by atoms with E-state index in [1.165, 1.54) is 44.9 Å². The van der Waals surface area contributed by atoms with Gasteiger partial charge in [-0.3, -0.25) is 9.59 Å². The van der Waals surface area contributed by atoms with Crippen LogP contribution in [0.4, 0.5) is 5.69 Å². The Morgan fingerprint density at radius 1 is 0.880 bits per heavy atom. The summed E-state index contributed by atoms with van der Waals surface area (Å²) in [5.41, 5.74) is 4.24. The van der Waals surface area contributed by atoms with Gasteiger partial charge in [-0.2, -0.15) is 0 Å². The van der Waals surface area contributed by atoms with Crippen LogP contribution in [0.2, 0.25) is 0 Å². The first-order chi connectivity index (χ1) is 23.4. The van der Waals surface area contributed by atoms with Gasteiger partial charge >= 0.3 is 11.9 Å². The van der Waals surface area contributed by atoms with Crippen LogP contribution in [0, 0.1) is 49.2 Å². The SMILES string of the molecule is Cc1c(C)c2c(c(C)c1OC(=O)CCC(=O)Nc1c(I)cc(I)c(C(=O)O)c1I)CCC(C)(CCCC(C)CCCC(C)CCCC(C)C)O2. The van der Waals surface area contributed by atoms with Gasteiger partial charge in [0.2, 0.25) is 5.91 Å². The van der Waals surface area contributed by atoms with Crippen LogP contribution in [0.25, 0.3) is 0 Å². The Kier molecular flexibility index (Phi) is 17.1. The van der Waals surface area contributed by atoms with E-state index in [1.54, 1.807) is 6.07 Å². The van der Waals surface area contributed by atoms with Gasteiger partial charge in [0.1, 0.15) is 17.1 Å². The molecular weight excluding hydrogens is 971 g/mol. The highest BCUT2D eigenvalue weighted by Gasteiger charge is 2.35. The lowest BCUT2D eigenvalue weighted by atomic mass is 9.83. The average molecular weight is 1030 g/mol. The number of fused-ring (bicyclic) bond motifs is 1. The lowest BCUT2D eigenvalue weighted by Crippen LogP contribution is -2.37. The number of ether oxygens (including phenoxy) is 2. The normalized spacial score (nSPS) is 16.8. The van der Waals surface area contributed by atoms with Crippen molar-refractivity contribution in [1.29, 1.82) is 0 Å². The summed E-state index contributed by atoms with van der Waals surface area (Å²) in [6, 6.07) is 1.71. The predicted octanol–water partition coefficient (Wildman–Crippen LogP) is 12.0. The molecule has 0 saturated carbocycles. The molecule has 3 rings (SSSR count). The van der Waals surface area contributed by atoms with Crippen LogP contribution in [0.3, 0.4) is 0 Å². The predicted molar refractivity (Wildman–Crippen MR) is 228 cm³/mol. The number of benzene rings is 2. The Labute approximate surface area is 341 Å². The molecule has 1 amide bonds. The molecule has 0 radical (unpaired) electrons. The smallest absolute Gasteiger partial charge is 0.337 e. The third kappa shape index (κ3) is 12.2. The highest BCUT2D eigenvalue weighted by atomic mass is 127. The van der Waals surface area contributed by atoms with Crippen molar-refractivity contribution in [3.05, 3.63) is 44.6 Å². The van der Waals surface area contributed by atoms with Crippen LogP contribution >= 0.6 is 67.8 Å². The van der Waals surface area contributed by atoms with Crippen LogP contribution in [0.15, 0.2) is 6.07 Å². The third-order valence-electron chi connectivity index (χ3n) is 10.3. The van der Waals surface area contributed by atoms with E-state index in [9.17, 15) is 19.5 Å². The number of carbonyl (C=O) groups excluding carboxylic acids is 2. The second-order valence-corrected chi connectivity index (χ2v) is 18.6. The van der Waals surface area contributed by atoms with E-state index in [1.807, 2.05) is 66.0 Å². The van der Waals surface area contributed by atoms with Gasteiger partial charge in [-0.05, 0) is 162 Å². The van der Waals surface area contributed by atoms with Crippen molar-refractivity contribution in [3.63, 3.8) is 0 Å². The van der Waals surface area contributed by atoms with Crippen LogP contribution in [-0.2, 0) is 16.0 Å². The summed E-state index contributed by atoms with van der Waals surface area (Å²) in [5.74, 6) is 1.92. The van der Waals surface area contributed by atoms with Crippen molar-refractivity contribution in [2.24, 2.45) is 17.8 Å². The third-order valence-corrected chi connectivity index (χ3v) is 13.0. The quantitative estimate of drug-likeness (QED) is 0.0876. The number of halogens is 3. The first-order valence-electron chi connectivity index (χ1n) is 18.2. The first kappa shape index (κ1) is 43.2. The number of aromatic carboxylic acids is 1. The molecule has 0 saturated heterocycles. The molecule has 278 valence electrons. The zero-order valence-electron chi connectivity index (χ0n) is 31.1. The molecule has 3 atom stereocenters. The lowest BCUT2D eigenvalue weighted by Gasteiger charge is -2.38. The molecule has 0 bridgehead atoms. The van der Waals surface area contributed by atoms with E-state index in [0.29, 0.717) is 18.6 Å². The highest BCUT2D eigenvalue weighted by Crippen LogP contribution is 2.45. The Morgan fingerprint density at radius 2 is 1.48 bits per heavy atom. The second-order valence-electron chi connectivity index (χ2n) is 15.2. The number of carbonyl (C=O) groups is 3. The number of hydrogen-bond donors (Lipinski definition) is 2. The maximum absolute atomic E-state index is 13.0. The topological polar surface area (TPSA) is 102 Å². The van der Waals surface area contributed by atoms with Crippen LogP contribution in [-0.4, -0.2) is 28.6 Å². The largest absolute Gasteiger partial charge is 0.487 e. The summed E-state index contributed by atoms with van der Waals surface area (Å²) in [7, 11) is 0. The van der Waals surface area contributed by atoms with Gasteiger partial charge in [-0.1, -0.05) is 72.6 Å². The van der Waals surface area contributed by atoms with Crippen LogP contribution in [0.5, 0.6) is 11.5 Å². The van der Waals surface area contributed by atoms with Gasteiger partial charge in [0.25, 0.3) is 0 Å². The maximum Gasteiger partial charge on any atom is 0.337 e. The van der Waals surface area contributed by atoms with Gasteiger partial charge in [-0.25, -0.2) is 4.79 Å². The Balaban J connectivity index is 1.53. The summed E-state index contributed by atoms with van der Waals surface area (Å²) >= 11 is 5.99. The van der Waals surface area contributed by atoms with Crippen molar-refractivity contribution in [2.75, 3.05) is 5.32 Å². The van der Waals surface area contributed by atoms with E-state index in [4.69, 9.17) is 9.47 Å². The van der Waals surface area contributed by atoms with Gasteiger partial charge in [0.05, 0.1) is 21.2 Å². The molecule has 3 unspecified atom stereocenters. The monoisotopic (exact) mass is 1030 g/mol. The average Bonchev–Trinajstić information content (AvgIpc) is 3.02. The summed E-state index contributed by atoms with van der Waals surface area (Å²) in [6.45, 7) is 17.7. The van der Waals surface area contributed by atoms with E-state index < -0.39 is 11.9 Å². The van der Waals surface area contributed by atoms with Crippen molar-refractivity contribution in [2.45, 2.75) is 144 Å². The molecule has 1 aliphatic heterocycles. The standard InChI is InChI=1S/C40H56I3NO6/c1-23(2)12-9-13-24(3)14-10-15-25(4)16-11-20-40(8)21-19-29-28(7)37(26(5)27(6)38(29)50-40)49-33(46)18-17-32(45)44-36-31(42)22-30(41)34(35(36)43)39(47)48/h22-25H,9-21H2,1-8H3,(H,44,45)(H,47,48). The second kappa shape index (κ2) is 19.8. The van der Waals surface area contributed by atoms with E-state index >= 15 is 0 Å². The molecule has 0 fully saturated rings. The van der Waals surface area contributed by atoms with Crippen molar-refractivity contribution in [3.8, 4) is 11.5 Å². The zero-order chi connectivity index (χ0) is 37.3. The summed E-state index contributed by atoms with van der Waals surface area (Å²) < 4.78 is 14.4. The molecule has 1 heterocycles. The molecule has 10 heteroatoms. The van der Waals surface area contributed by atoms with Gasteiger partial charge < -0.3 is 19.9 Å². The van der Waals surface area contributed by atoms with Gasteiger partial charge in [0.15, 0.2) is 0 Å². The molecule has 0 aromatic heterocycles. The number of nitrogens with one attached hydrogen (secondary N) is 1. The molecule has 2 N–H and O–H groups in total. The Bertz CT molecular complexity index is 1540. The molecule has 0 spiro atoms.